The topological polar surface area (TPSA) is 46.6 Å². The van der Waals surface area contributed by atoms with Crippen LogP contribution in [0.25, 0.3) is 0 Å². The first kappa shape index (κ1) is 18.5. The lowest BCUT2D eigenvalue weighted by Crippen LogP contribution is -2.38. The number of anilines is 1. The molecule has 1 fully saturated rings. The van der Waals surface area contributed by atoms with Crippen LogP contribution in [0.15, 0.2) is 54.6 Å². The molecule has 5 heteroatoms. The number of hydrogen-bond acceptors (Lipinski definition) is 3. The average molecular weight is 372 g/mol. The molecule has 1 amide bonds. The summed E-state index contributed by atoms with van der Waals surface area (Å²) in [6, 6.07) is 16.6. The Morgan fingerprint density at radius 1 is 1.04 bits per heavy atom. The Kier molecular flexibility index (Phi) is 5.62. The summed E-state index contributed by atoms with van der Waals surface area (Å²) in [6.45, 7) is -0.264. The zero-order valence-corrected chi connectivity index (χ0v) is 15.5. The minimum absolute atomic E-state index is 0.256. The highest BCUT2D eigenvalue weighted by Gasteiger charge is 2.44. The van der Waals surface area contributed by atoms with E-state index in [1.807, 2.05) is 42.5 Å². The van der Waals surface area contributed by atoms with Gasteiger partial charge in [-0.3, -0.25) is 9.59 Å². The van der Waals surface area contributed by atoms with Gasteiger partial charge in [0, 0.05) is 17.8 Å². The minimum Gasteiger partial charge on any atom is -0.455 e. The lowest BCUT2D eigenvalue weighted by atomic mass is 9.79. The van der Waals surface area contributed by atoms with Crippen LogP contribution >= 0.6 is 11.6 Å². The molecule has 0 spiro atoms. The summed E-state index contributed by atoms with van der Waals surface area (Å²) in [7, 11) is 1.68. The van der Waals surface area contributed by atoms with Crippen molar-refractivity contribution in [2.24, 2.45) is 0 Å². The highest BCUT2D eigenvalue weighted by atomic mass is 35.5. The van der Waals surface area contributed by atoms with E-state index in [9.17, 15) is 9.59 Å². The molecule has 0 radical (unpaired) electrons. The van der Waals surface area contributed by atoms with Gasteiger partial charge in [-0.15, -0.1) is 0 Å². The van der Waals surface area contributed by atoms with Crippen molar-refractivity contribution in [1.29, 1.82) is 0 Å². The number of para-hydroxylation sites is 1. The average Bonchev–Trinajstić information content (AvgIpc) is 3.17. The van der Waals surface area contributed by atoms with Crippen LogP contribution in [0, 0.1) is 0 Å². The van der Waals surface area contributed by atoms with Gasteiger partial charge in [0.1, 0.15) is 0 Å². The van der Waals surface area contributed by atoms with Crippen LogP contribution in [-0.2, 0) is 19.7 Å². The first-order valence-corrected chi connectivity index (χ1v) is 9.16. The van der Waals surface area contributed by atoms with Gasteiger partial charge in [-0.1, -0.05) is 54.8 Å². The van der Waals surface area contributed by atoms with Crippen LogP contribution in [0.4, 0.5) is 5.69 Å². The molecule has 0 atom stereocenters. The molecule has 136 valence electrons. The number of esters is 1. The second kappa shape index (κ2) is 7.92. The molecule has 1 saturated carbocycles. The fourth-order valence-electron chi connectivity index (χ4n) is 3.52. The molecule has 0 bridgehead atoms. The van der Waals surface area contributed by atoms with E-state index in [4.69, 9.17) is 16.3 Å². The van der Waals surface area contributed by atoms with Gasteiger partial charge in [0.25, 0.3) is 5.91 Å². The summed E-state index contributed by atoms with van der Waals surface area (Å²) in [5, 5.41) is 0.634. The SMILES string of the molecule is CN(C(=O)COC(=O)C1(c2ccc(Cl)cc2)CCCC1)c1ccccc1. The van der Waals surface area contributed by atoms with Crippen molar-refractivity contribution in [3.05, 3.63) is 65.2 Å². The second-order valence-electron chi connectivity index (χ2n) is 6.66. The Morgan fingerprint density at radius 3 is 2.27 bits per heavy atom. The molecule has 4 nitrogen and oxygen atoms in total. The van der Waals surface area contributed by atoms with Gasteiger partial charge in [-0.25, -0.2) is 0 Å². The lowest BCUT2D eigenvalue weighted by Gasteiger charge is -2.27. The maximum absolute atomic E-state index is 12.9. The Balaban J connectivity index is 1.69. The van der Waals surface area contributed by atoms with E-state index in [1.165, 1.54) is 4.90 Å². The summed E-state index contributed by atoms with van der Waals surface area (Å²) in [5.41, 5.74) is 1.01. The van der Waals surface area contributed by atoms with E-state index < -0.39 is 5.41 Å². The van der Waals surface area contributed by atoms with E-state index in [0.29, 0.717) is 5.02 Å². The molecular weight excluding hydrogens is 350 g/mol. The Labute approximate surface area is 158 Å². The molecular formula is C21H22ClNO3. The number of nitrogens with zero attached hydrogens (tertiary/aromatic N) is 1. The number of ether oxygens (including phenoxy) is 1. The first-order chi connectivity index (χ1) is 12.5. The minimum atomic E-state index is -0.670. The molecule has 0 N–H and O–H groups in total. The van der Waals surface area contributed by atoms with Gasteiger partial charge >= 0.3 is 5.97 Å². The van der Waals surface area contributed by atoms with Gasteiger partial charge in [-0.05, 0) is 42.7 Å². The zero-order chi connectivity index (χ0) is 18.6. The van der Waals surface area contributed by atoms with Crippen molar-refractivity contribution in [1.82, 2.24) is 0 Å². The third kappa shape index (κ3) is 3.75. The second-order valence-corrected chi connectivity index (χ2v) is 7.10. The quantitative estimate of drug-likeness (QED) is 0.734. The van der Waals surface area contributed by atoms with E-state index >= 15 is 0 Å². The van der Waals surface area contributed by atoms with Crippen molar-refractivity contribution in [3.8, 4) is 0 Å². The number of carbonyl (C=O) groups is 2. The monoisotopic (exact) mass is 371 g/mol. The fraction of sp³-hybridized carbons (Fsp3) is 0.333. The van der Waals surface area contributed by atoms with Crippen LogP contribution in [0.2, 0.25) is 5.02 Å². The van der Waals surface area contributed by atoms with Gasteiger partial charge in [0.15, 0.2) is 6.61 Å². The third-order valence-electron chi connectivity index (χ3n) is 5.09. The highest BCUT2D eigenvalue weighted by molar-refractivity contribution is 6.30. The molecule has 0 aromatic heterocycles. The third-order valence-corrected chi connectivity index (χ3v) is 5.34. The number of amides is 1. The Morgan fingerprint density at radius 2 is 1.65 bits per heavy atom. The van der Waals surface area contributed by atoms with Crippen molar-refractivity contribution in [3.63, 3.8) is 0 Å². The molecule has 1 aliphatic rings. The fourth-order valence-corrected chi connectivity index (χ4v) is 3.64. The van der Waals surface area contributed by atoms with Crippen LogP contribution in [0.5, 0.6) is 0 Å². The Bertz CT molecular complexity index is 768. The molecule has 2 aromatic carbocycles. The normalized spacial score (nSPS) is 15.5. The van der Waals surface area contributed by atoms with Crippen molar-refractivity contribution in [2.75, 3.05) is 18.6 Å². The van der Waals surface area contributed by atoms with Crippen LogP contribution in [0.1, 0.15) is 31.2 Å². The molecule has 0 heterocycles. The largest absolute Gasteiger partial charge is 0.455 e. The Hall–Kier alpha value is -2.33. The van der Waals surface area contributed by atoms with Gasteiger partial charge in [0.05, 0.1) is 5.41 Å². The van der Waals surface area contributed by atoms with Gasteiger partial charge in [0.2, 0.25) is 0 Å². The van der Waals surface area contributed by atoms with Crippen molar-refractivity contribution in [2.45, 2.75) is 31.1 Å². The molecule has 1 aliphatic carbocycles. The number of likely N-dealkylation sites (N-methyl/N-ethyl adjacent to an activating group) is 1. The molecule has 26 heavy (non-hydrogen) atoms. The van der Waals surface area contributed by atoms with Crippen LogP contribution < -0.4 is 4.90 Å². The number of halogens is 1. The molecule has 2 aromatic rings. The smallest absolute Gasteiger partial charge is 0.317 e. The van der Waals surface area contributed by atoms with E-state index in [-0.39, 0.29) is 18.5 Å². The number of rotatable bonds is 5. The summed E-state index contributed by atoms with van der Waals surface area (Å²) < 4.78 is 5.46. The highest BCUT2D eigenvalue weighted by Crippen LogP contribution is 2.42. The van der Waals surface area contributed by atoms with E-state index in [1.54, 1.807) is 19.2 Å². The lowest BCUT2D eigenvalue weighted by molar-refractivity contribution is -0.153. The maximum Gasteiger partial charge on any atom is 0.317 e. The van der Waals surface area contributed by atoms with Gasteiger partial charge < -0.3 is 9.64 Å². The van der Waals surface area contributed by atoms with Crippen molar-refractivity contribution < 1.29 is 14.3 Å². The zero-order valence-electron chi connectivity index (χ0n) is 14.8. The molecule has 3 rings (SSSR count). The maximum atomic E-state index is 12.9. The first-order valence-electron chi connectivity index (χ1n) is 8.78. The van der Waals surface area contributed by atoms with Crippen molar-refractivity contribution >= 4 is 29.2 Å². The number of benzene rings is 2. The van der Waals surface area contributed by atoms with Gasteiger partial charge in [-0.2, -0.15) is 0 Å². The molecule has 0 aliphatic heterocycles. The summed E-state index contributed by atoms with van der Waals surface area (Å²) in [4.78, 5) is 26.8. The predicted octanol–water partition coefficient (Wildman–Crippen LogP) is 4.36. The number of carbonyl (C=O) groups excluding carboxylic acids is 2. The number of hydrogen-bond donors (Lipinski definition) is 0. The summed E-state index contributed by atoms with van der Waals surface area (Å²) >= 11 is 5.97. The molecule has 0 unspecified atom stereocenters. The van der Waals surface area contributed by atoms with E-state index in [0.717, 1.165) is 36.9 Å². The van der Waals surface area contributed by atoms with Crippen LogP contribution in [-0.4, -0.2) is 25.5 Å². The summed E-state index contributed by atoms with van der Waals surface area (Å²) in [6.07, 6.45) is 3.40. The molecule has 0 saturated heterocycles. The summed E-state index contributed by atoms with van der Waals surface area (Å²) in [5.74, 6) is -0.582. The standard InChI is InChI=1S/C21H22ClNO3/c1-23(18-7-3-2-4-8-18)19(24)15-26-20(25)21(13-5-6-14-21)16-9-11-17(22)12-10-16/h2-4,7-12H,5-6,13-15H2,1H3. The van der Waals surface area contributed by atoms with Crippen LogP contribution in [0.3, 0.4) is 0 Å². The predicted molar refractivity (Wildman–Crippen MR) is 102 cm³/mol. The van der Waals surface area contributed by atoms with E-state index in [2.05, 4.69) is 0 Å².